The van der Waals surface area contributed by atoms with Crippen molar-refractivity contribution in [1.82, 2.24) is 10.3 Å². The normalized spacial score (nSPS) is 14.8. The van der Waals surface area contributed by atoms with Gasteiger partial charge in [-0.05, 0) is 23.8 Å². The minimum Gasteiger partial charge on any atom is -0.383 e. The van der Waals surface area contributed by atoms with Crippen LogP contribution in [-0.2, 0) is 17.5 Å². The Balaban J connectivity index is 1.83. The van der Waals surface area contributed by atoms with Crippen LogP contribution in [-0.4, -0.2) is 22.3 Å². The van der Waals surface area contributed by atoms with Crippen molar-refractivity contribution >= 4 is 23.2 Å². The van der Waals surface area contributed by atoms with E-state index in [0.717, 1.165) is 11.9 Å². The van der Waals surface area contributed by atoms with Gasteiger partial charge in [-0.2, -0.15) is 13.2 Å². The van der Waals surface area contributed by atoms with Gasteiger partial charge < -0.3 is 10.6 Å². The lowest BCUT2D eigenvalue weighted by Crippen LogP contribution is -2.28. The molecule has 3 rings (SSSR count). The minimum atomic E-state index is -4.49. The maximum atomic E-state index is 13.2. The first-order chi connectivity index (χ1) is 13.4. The van der Waals surface area contributed by atoms with Crippen LogP contribution in [0.5, 0.6) is 0 Å². The van der Waals surface area contributed by atoms with E-state index in [2.05, 4.69) is 22.2 Å². The number of allylic oxidation sites excluding steroid dienone is 1. The van der Waals surface area contributed by atoms with E-state index >= 15 is 0 Å². The quantitative estimate of drug-likeness (QED) is 0.747. The molecule has 0 fully saturated rings. The molecule has 8 heteroatoms. The number of para-hydroxylation sites is 1. The number of halogens is 3. The van der Waals surface area contributed by atoms with Crippen LogP contribution in [0.15, 0.2) is 72.3 Å². The molecule has 146 valence electrons. The molecule has 0 saturated heterocycles. The van der Waals surface area contributed by atoms with Crippen molar-refractivity contribution in [3.8, 4) is 0 Å². The number of pyridine rings is 1. The van der Waals surface area contributed by atoms with Crippen molar-refractivity contribution in [2.45, 2.75) is 12.7 Å². The number of carbonyl (C=O) groups excluding carboxylic acids is 1. The number of Topliss-reactive ketones (excluding diaryl/α,β-unsaturated/α-hetero) is 1. The van der Waals surface area contributed by atoms with Crippen LogP contribution in [0.4, 0.5) is 18.9 Å². The van der Waals surface area contributed by atoms with E-state index in [1.54, 1.807) is 0 Å². The number of benzene rings is 1. The smallest absolute Gasteiger partial charge is 0.383 e. The zero-order valence-electron chi connectivity index (χ0n) is 14.8. The topological polar surface area (TPSA) is 54.0 Å². The van der Waals surface area contributed by atoms with E-state index < -0.39 is 11.7 Å². The second kappa shape index (κ2) is 8.52. The molecule has 1 aliphatic rings. The standard InChI is InChI=1S/C20H18F3N3OS/c1-13(26-15-5-3-2-4-6-15)19-17(11-28-12-18(19)27)25-9-14-7-8-24-10-16(14)20(21,22)23/h2-8,10,25-26H,1,9,11-12H2. The number of ketones is 1. The molecular formula is C20H18F3N3OS. The van der Waals surface area contributed by atoms with E-state index in [0.29, 0.717) is 28.5 Å². The summed E-state index contributed by atoms with van der Waals surface area (Å²) in [4.78, 5) is 16.0. The fraction of sp³-hybridized carbons (Fsp3) is 0.200. The van der Waals surface area contributed by atoms with E-state index in [1.807, 2.05) is 30.3 Å². The monoisotopic (exact) mass is 405 g/mol. The Morgan fingerprint density at radius 1 is 1.18 bits per heavy atom. The van der Waals surface area contributed by atoms with E-state index in [-0.39, 0.29) is 17.9 Å². The Bertz CT molecular complexity index is 910. The molecule has 0 unspecified atom stereocenters. The predicted molar refractivity (Wildman–Crippen MR) is 105 cm³/mol. The molecule has 4 nitrogen and oxygen atoms in total. The lowest BCUT2D eigenvalue weighted by Gasteiger charge is -2.23. The van der Waals surface area contributed by atoms with Crippen molar-refractivity contribution in [1.29, 1.82) is 0 Å². The zero-order valence-corrected chi connectivity index (χ0v) is 15.7. The highest BCUT2D eigenvalue weighted by molar-refractivity contribution is 8.00. The molecule has 1 aliphatic heterocycles. The third-order valence-corrected chi connectivity index (χ3v) is 5.10. The average molecular weight is 405 g/mol. The fourth-order valence-electron chi connectivity index (χ4n) is 2.84. The highest BCUT2D eigenvalue weighted by Gasteiger charge is 2.33. The van der Waals surface area contributed by atoms with Gasteiger partial charge in [0.15, 0.2) is 5.78 Å². The van der Waals surface area contributed by atoms with Gasteiger partial charge in [0.1, 0.15) is 0 Å². The number of hydrogen-bond donors (Lipinski definition) is 2. The maximum Gasteiger partial charge on any atom is 0.418 e. The van der Waals surface area contributed by atoms with Crippen LogP contribution in [0, 0.1) is 0 Å². The van der Waals surface area contributed by atoms with Crippen molar-refractivity contribution < 1.29 is 18.0 Å². The second-order valence-electron chi connectivity index (χ2n) is 6.12. The molecule has 0 saturated carbocycles. The number of alkyl halides is 3. The molecular weight excluding hydrogens is 387 g/mol. The number of nitrogens with one attached hydrogen (secondary N) is 2. The lowest BCUT2D eigenvalue weighted by atomic mass is 10.1. The molecule has 0 radical (unpaired) electrons. The molecule has 0 amide bonds. The SMILES string of the molecule is C=C(Nc1ccccc1)C1=C(NCc2ccncc2C(F)(F)F)CSCC1=O. The molecule has 0 bridgehead atoms. The third-order valence-electron chi connectivity index (χ3n) is 4.14. The van der Waals surface area contributed by atoms with Gasteiger partial charge in [-0.1, -0.05) is 24.8 Å². The summed E-state index contributed by atoms with van der Waals surface area (Å²) < 4.78 is 39.5. The largest absolute Gasteiger partial charge is 0.418 e. The Kier molecular flexibility index (Phi) is 6.08. The number of anilines is 1. The van der Waals surface area contributed by atoms with Crippen LogP contribution >= 0.6 is 11.8 Å². The Hall–Kier alpha value is -2.74. The summed E-state index contributed by atoms with van der Waals surface area (Å²) in [6.07, 6.45) is -2.36. The summed E-state index contributed by atoms with van der Waals surface area (Å²) in [6, 6.07) is 10.6. The van der Waals surface area contributed by atoms with Crippen LogP contribution in [0.1, 0.15) is 11.1 Å². The van der Waals surface area contributed by atoms with E-state index in [9.17, 15) is 18.0 Å². The Morgan fingerprint density at radius 2 is 1.93 bits per heavy atom. The zero-order chi connectivity index (χ0) is 20.1. The van der Waals surface area contributed by atoms with Crippen molar-refractivity contribution in [2.24, 2.45) is 0 Å². The molecule has 2 heterocycles. The van der Waals surface area contributed by atoms with Gasteiger partial charge in [0.2, 0.25) is 0 Å². The molecule has 0 atom stereocenters. The van der Waals surface area contributed by atoms with E-state index in [4.69, 9.17) is 0 Å². The predicted octanol–water partition coefficient (Wildman–Crippen LogP) is 4.39. The number of rotatable bonds is 6. The third kappa shape index (κ3) is 4.75. The molecule has 2 N–H and O–H groups in total. The Labute approximate surface area is 164 Å². The highest BCUT2D eigenvalue weighted by Crippen LogP contribution is 2.32. The van der Waals surface area contributed by atoms with Gasteiger partial charge in [0.25, 0.3) is 0 Å². The lowest BCUT2D eigenvalue weighted by molar-refractivity contribution is -0.138. The number of hydrogen-bond acceptors (Lipinski definition) is 5. The number of aromatic nitrogens is 1. The van der Waals surface area contributed by atoms with Gasteiger partial charge in [-0.15, -0.1) is 11.8 Å². The summed E-state index contributed by atoms with van der Waals surface area (Å²) in [5.74, 6) is 0.681. The van der Waals surface area contributed by atoms with Gasteiger partial charge in [0, 0.05) is 41.8 Å². The van der Waals surface area contributed by atoms with Crippen molar-refractivity contribution in [3.63, 3.8) is 0 Å². The minimum absolute atomic E-state index is 0.0668. The molecule has 1 aromatic heterocycles. The van der Waals surface area contributed by atoms with Crippen LogP contribution in [0.3, 0.4) is 0 Å². The summed E-state index contributed by atoms with van der Waals surface area (Å²) in [7, 11) is 0. The first-order valence-electron chi connectivity index (χ1n) is 8.45. The molecule has 1 aromatic carbocycles. The molecule has 2 aromatic rings. The highest BCUT2D eigenvalue weighted by atomic mass is 32.2. The van der Waals surface area contributed by atoms with Crippen LogP contribution in [0.25, 0.3) is 0 Å². The van der Waals surface area contributed by atoms with Crippen LogP contribution < -0.4 is 10.6 Å². The molecule has 28 heavy (non-hydrogen) atoms. The molecule has 0 aliphatic carbocycles. The summed E-state index contributed by atoms with van der Waals surface area (Å²) >= 11 is 1.41. The number of carbonyl (C=O) groups is 1. The number of nitrogens with zero attached hydrogens (tertiary/aromatic N) is 1. The first kappa shape index (κ1) is 20.0. The van der Waals surface area contributed by atoms with Crippen molar-refractivity contribution in [2.75, 3.05) is 16.8 Å². The summed E-state index contributed by atoms with van der Waals surface area (Å²) in [6.45, 7) is 3.89. The maximum absolute atomic E-state index is 13.2. The van der Waals surface area contributed by atoms with Crippen LogP contribution in [0.2, 0.25) is 0 Å². The van der Waals surface area contributed by atoms with E-state index in [1.165, 1.54) is 24.0 Å². The summed E-state index contributed by atoms with van der Waals surface area (Å²) in [5.41, 5.74) is 1.44. The first-order valence-corrected chi connectivity index (χ1v) is 9.61. The van der Waals surface area contributed by atoms with Crippen molar-refractivity contribution in [3.05, 3.63) is 83.5 Å². The van der Waals surface area contributed by atoms with Gasteiger partial charge in [-0.25, -0.2) is 0 Å². The van der Waals surface area contributed by atoms with Gasteiger partial charge in [0.05, 0.1) is 16.9 Å². The number of thioether (sulfide) groups is 1. The summed E-state index contributed by atoms with van der Waals surface area (Å²) in [5, 5.41) is 6.10. The second-order valence-corrected chi connectivity index (χ2v) is 7.11. The van der Waals surface area contributed by atoms with Gasteiger partial charge >= 0.3 is 6.18 Å². The Morgan fingerprint density at radius 3 is 2.64 bits per heavy atom. The fourth-order valence-corrected chi connectivity index (χ4v) is 3.72. The van der Waals surface area contributed by atoms with Gasteiger partial charge in [-0.3, -0.25) is 9.78 Å². The average Bonchev–Trinajstić information content (AvgIpc) is 2.66. The molecule has 0 spiro atoms.